The molecule has 2 aliphatic heterocycles. The normalized spacial score (nSPS) is 37.9. The summed E-state index contributed by atoms with van der Waals surface area (Å²) in [7, 11) is 2.06. The fourth-order valence-electron chi connectivity index (χ4n) is 9.77. The van der Waals surface area contributed by atoms with E-state index in [2.05, 4.69) is 53.5 Å². The molecular formula is C38H61N4O6+3. The van der Waals surface area contributed by atoms with Crippen molar-refractivity contribution in [1.29, 1.82) is 0 Å². The van der Waals surface area contributed by atoms with Crippen LogP contribution in [-0.4, -0.2) is 86.1 Å². The molecule has 2 heterocycles. The number of likely N-dealkylation sites (N-methyl/N-ethyl adjacent to an activating group) is 1. The van der Waals surface area contributed by atoms with E-state index in [9.17, 15) is 19.5 Å². The number of ketones is 2. The largest absolute Gasteiger partial charge is 0.463 e. The number of hydrogen-bond acceptors (Lipinski definition) is 7. The molecule has 10 heteroatoms. The van der Waals surface area contributed by atoms with Crippen LogP contribution in [0.3, 0.4) is 0 Å². The highest BCUT2D eigenvalue weighted by Crippen LogP contribution is 2.62. The number of Topliss-reactive ketones (excluding diaryl/α,β-unsaturated/α-hetero) is 2. The van der Waals surface area contributed by atoms with E-state index in [0.29, 0.717) is 36.4 Å². The van der Waals surface area contributed by atoms with Gasteiger partial charge in [-0.15, -0.1) is 0 Å². The van der Waals surface area contributed by atoms with Gasteiger partial charge in [0.1, 0.15) is 25.5 Å². The number of fused-ring (bicyclic) bond motifs is 3. The molecule has 4 fully saturated rings. The third kappa shape index (κ3) is 6.77. The molecule has 9 unspecified atom stereocenters. The second-order valence-corrected chi connectivity index (χ2v) is 15.6. The van der Waals surface area contributed by atoms with Crippen LogP contribution in [0.4, 0.5) is 0 Å². The van der Waals surface area contributed by atoms with Crippen LogP contribution < -0.4 is 21.3 Å². The zero-order chi connectivity index (χ0) is 33.9. The molecule has 10 nitrogen and oxygen atoms in total. The minimum absolute atomic E-state index is 0.0728. The first-order valence-corrected chi connectivity index (χ1v) is 19.1. The van der Waals surface area contributed by atoms with Crippen LogP contribution in [0.1, 0.15) is 90.9 Å². The van der Waals surface area contributed by atoms with E-state index in [4.69, 9.17) is 9.47 Å². The van der Waals surface area contributed by atoms with Crippen LogP contribution in [0, 0.1) is 29.6 Å². The number of rotatable bonds is 14. The molecule has 0 bridgehead atoms. The van der Waals surface area contributed by atoms with Crippen LogP contribution in [0.2, 0.25) is 0 Å². The van der Waals surface area contributed by atoms with E-state index in [-0.39, 0.29) is 43.2 Å². The van der Waals surface area contributed by atoms with Gasteiger partial charge < -0.3 is 30.5 Å². The lowest BCUT2D eigenvalue weighted by Gasteiger charge is -2.37. The molecule has 0 aromatic carbocycles. The van der Waals surface area contributed by atoms with E-state index in [1.165, 1.54) is 5.57 Å². The van der Waals surface area contributed by atoms with Gasteiger partial charge in [0.25, 0.3) is 5.60 Å². The number of epoxide rings is 1. The van der Waals surface area contributed by atoms with E-state index >= 15 is 0 Å². The van der Waals surface area contributed by atoms with Crippen molar-refractivity contribution in [2.24, 2.45) is 29.6 Å². The Bertz CT molecular complexity index is 1310. The van der Waals surface area contributed by atoms with Crippen molar-refractivity contribution in [3.63, 3.8) is 0 Å². The van der Waals surface area contributed by atoms with Gasteiger partial charge in [-0.05, 0) is 94.3 Å². The molecule has 2 saturated heterocycles. The molecule has 6 aliphatic rings. The Morgan fingerprint density at radius 2 is 1.94 bits per heavy atom. The topological polar surface area (TPSA) is 155 Å². The van der Waals surface area contributed by atoms with Crippen molar-refractivity contribution in [2.75, 3.05) is 40.0 Å². The predicted octanol–water partition coefficient (Wildman–Crippen LogP) is 0.379. The fraction of sp³-hybridized carbons (Fsp3) is 0.763. The Morgan fingerprint density at radius 3 is 2.69 bits per heavy atom. The molecule has 0 radical (unpaired) electrons. The Hall–Kier alpha value is -2.21. The molecular weight excluding hydrogens is 608 g/mol. The molecule has 6 rings (SSSR count). The maximum Gasteiger partial charge on any atom is 0.350 e. The fourth-order valence-corrected chi connectivity index (χ4v) is 9.77. The lowest BCUT2D eigenvalue weighted by Crippen LogP contribution is -2.97. The van der Waals surface area contributed by atoms with Crippen molar-refractivity contribution in [3.05, 3.63) is 34.9 Å². The predicted molar refractivity (Wildman–Crippen MR) is 180 cm³/mol. The highest BCUT2D eigenvalue weighted by Gasteiger charge is 2.87. The van der Waals surface area contributed by atoms with Crippen LogP contribution in [0.15, 0.2) is 34.9 Å². The van der Waals surface area contributed by atoms with Gasteiger partial charge in [-0.3, -0.25) is 9.59 Å². The molecule has 2 saturated carbocycles. The molecule has 0 aromatic heterocycles. The van der Waals surface area contributed by atoms with Crippen molar-refractivity contribution in [3.8, 4) is 0 Å². The number of hydrogen-bond donors (Lipinski definition) is 5. The molecule has 48 heavy (non-hydrogen) atoms. The molecule has 266 valence electrons. The van der Waals surface area contributed by atoms with E-state index in [1.54, 1.807) is 0 Å². The number of aliphatic hydroxyl groups excluding tert-OH is 1. The standard InChI is InChI=1S/C38H58N4O6/c1-4-40-32-19-27-10-6-5-9-26(27)18-28(32)22-47-36(46)38-35(45)31-12-8-7-11-30(31)34(44)37(38,48-38)20-29(21-43)24(2)13-14-25-15-16-41-33(17-25)42-23-39-3/h6,10,19,25-26,28,30-33,39-43H,4-5,7-9,11-18,20-23H2,1-3H3/p+3. The highest BCUT2D eigenvalue weighted by molar-refractivity contribution is 6.23. The maximum absolute atomic E-state index is 14.4. The quantitative estimate of drug-likeness (QED) is 0.0589. The summed E-state index contributed by atoms with van der Waals surface area (Å²) < 4.78 is 12.4. The summed E-state index contributed by atoms with van der Waals surface area (Å²) in [6.07, 6.45) is 17.5. The van der Waals surface area contributed by atoms with Gasteiger partial charge in [-0.2, -0.15) is 0 Å². The average Bonchev–Trinajstić information content (AvgIpc) is 3.82. The monoisotopic (exact) mass is 669 g/mol. The number of carbonyl (C=O) groups excluding carboxylic acids is 3. The number of carbonyl (C=O) groups is 3. The Morgan fingerprint density at radius 1 is 1.15 bits per heavy atom. The van der Waals surface area contributed by atoms with Crippen LogP contribution in [0.5, 0.6) is 0 Å². The molecule has 0 spiro atoms. The Kier molecular flexibility index (Phi) is 11.4. The van der Waals surface area contributed by atoms with E-state index in [1.807, 2.05) is 6.92 Å². The molecule has 9 atom stereocenters. The second-order valence-electron chi connectivity index (χ2n) is 15.6. The van der Waals surface area contributed by atoms with Gasteiger partial charge >= 0.3 is 5.97 Å². The number of aliphatic hydroxyl groups is 1. The summed E-state index contributed by atoms with van der Waals surface area (Å²) in [5.41, 5.74) is -0.352. The minimum atomic E-state index is -1.90. The molecule has 4 aliphatic carbocycles. The SMILES string of the molecule is CC[NH2+]C1C=C2C=CCCC2CC1COC(=O)C12OC1(CC(CO)=C(C)CCC1CC[NH2+]C(NC[NH2+]C)C1)C(=O)C1CCCCC1C2=O. The number of nitrogens with one attached hydrogen (secondary N) is 1. The van der Waals surface area contributed by atoms with Crippen LogP contribution in [0.25, 0.3) is 0 Å². The first kappa shape index (κ1) is 35.6. The van der Waals surface area contributed by atoms with Gasteiger partial charge in [0.05, 0.1) is 26.7 Å². The zero-order valence-electron chi connectivity index (χ0n) is 29.5. The third-order valence-corrected chi connectivity index (χ3v) is 12.6. The van der Waals surface area contributed by atoms with Crippen molar-refractivity contribution >= 4 is 17.5 Å². The number of quaternary nitrogens is 3. The second kappa shape index (κ2) is 15.4. The van der Waals surface area contributed by atoms with Gasteiger partial charge in [0.2, 0.25) is 0 Å². The summed E-state index contributed by atoms with van der Waals surface area (Å²) in [6, 6.07) is 0.190. The van der Waals surface area contributed by atoms with Crippen molar-refractivity contribution < 1.29 is 44.9 Å². The smallest absolute Gasteiger partial charge is 0.350 e. The summed E-state index contributed by atoms with van der Waals surface area (Å²) >= 11 is 0. The van der Waals surface area contributed by atoms with Crippen molar-refractivity contribution in [1.82, 2.24) is 5.32 Å². The number of ether oxygens (including phenoxy) is 2. The first-order valence-electron chi connectivity index (χ1n) is 19.1. The Balaban J connectivity index is 1.19. The number of nitrogens with two attached hydrogens (primary N) is 3. The lowest BCUT2D eigenvalue weighted by atomic mass is 9.60. The van der Waals surface area contributed by atoms with Crippen LogP contribution in [-0.2, 0) is 23.9 Å². The average molecular weight is 670 g/mol. The third-order valence-electron chi connectivity index (χ3n) is 12.6. The van der Waals surface area contributed by atoms with Gasteiger partial charge in [-0.25, -0.2) is 10.1 Å². The Labute approximate surface area is 286 Å². The van der Waals surface area contributed by atoms with E-state index in [0.717, 1.165) is 83.1 Å². The maximum atomic E-state index is 14.4. The number of allylic oxidation sites excluding steroid dienone is 4. The first-order chi connectivity index (χ1) is 23.3. The minimum Gasteiger partial charge on any atom is -0.463 e. The van der Waals surface area contributed by atoms with E-state index < -0.39 is 29.0 Å². The lowest BCUT2D eigenvalue weighted by molar-refractivity contribution is -0.716. The highest BCUT2D eigenvalue weighted by atomic mass is 16.7. The summed E-state index contributed by atoms with van der Waals surface area (Å²) in [4.78, 5) is 42.9. The molecule has 0 amide bonds. The summed E-state index contributed by atoms with van der Waals surface area (Å²) in [5, 5.41) is 21.0. The molecule has 8 N–H and O–H groups in total. The summed E-state index contributed by atoms with van der Waals surface area (Å²) in [6.45, 7) is 7.04. The van der Waals surface area contributed by atoms with Crippen molar-refractivity contribution in [2.45, 2.75) is 114 Å². The van der Waals surface area contributed by atoms with Gasteiger partial charge in [-0.1, -0.05) is 30.6 Å². The zero-order valence-corrected chi connectivity index (χ0v) is 29.5. The summed E-state index contributed by atoms with van der Waals surface area (Å²) in [5.74, 6) is -0.873. The van der Waals surface area contributed by atoms with Crippen LogP contribution >= 0.6 is 0 Å². The van der Waals surface area contributed by atoms with Gasteiger partial charge in [0.15, 0.2) is 17.2 Å². The van der Waals surface area contributed by atoms with Gasteiger partial charge in [0, 0.05) is 30.6 Å². The molecule has 0 aromatic rings. The number of piperidine rings is 1. The number of esters is 1.